The van der Waals surface area contributed by atoms with E-state index in [-0.39, 0.29) is 0 Å². The number of hydrogen-bond donors (Lipinski definition) is 0. The van der Waals surface area contributed by atoms with Gasteiger partial charge in [0.2, 0.25) is 6.29 Å². The van der Waals surface area contributed by atoms with Crippen LogP contribution in [0, 0.1) is 0 Å². The molecule has 1 nitrogen and oxygen atoms in total. The molecule has 0 N–H and O–H groups in total. The minimum absolute atomic E-state index is 0.536. The molecule has 0 bridgehead atoms. The average Bonchev–Trinajstić information content (AvgIpc) is 1.69. The highest BCUT2D eigenvalue weighted by Gasteiger charge is 1.80. The van der Waals surface area contributed by atoms with Crippen molar-refractivity contribution in [3.63, 3.8) is 0 Å². The van der Waals surface area contributed by atoms with Crippen LogP contribution >= 0.6 is 11.8 Å². The van der Waals surface area contributed by atoms with Gasteiger partial charge in [-0.25, -0.2) is 0 Å². The molecular formula is C5H9OS. The number of rotatable bonds is 4. The van der Waals surface area contributed by atoms with E-state index in [9.17, 15) is 4.79 Å². The molecule has 0 heterocycles. The first kappa shape index (κ1) is 7.02. The molecule has 41 valence electrons. The van der Waals surface area contributed by atoms with Gasteiger partial charge in [-0.05, 0) is 12.2 Å². The Labute approximate surface area is 48.5 Å². The summed E-state index contributed by atoms with van der Waals surface area (Å²) in [6.07, 6.45) is 2.96. The van der Waals surface area contributed by atoms with Crippen molar-refractivity contribution in [2.24, 2.45) is 0 Å². The van der Waals surface area contributed by atoms with Crippen molar-refractivity contribution in [3.8, 4) is 0 Å². The van der Waals surface area contributed by atoms with Crippen LogP contribution in [0.3, 0.4) is 0 Å². The third-order valence-electron chi connectivity index (χ3n) is 0.509. The fraction of sp³-hybridized carbons (Fsp3) is 0.800. The summed E-state index contributed by atoms with van der Waals surface area (Å²) in [5.74, 6) is 1.61. The zero-order valence-electron chi connectivity index (χ0n) is 4.44. The average molecular weight is 117 g/mol. The Balaban J connectivity index is 2.56. The SMILES string of the molecule is CCCSC[C]=O. The van der Waals surface area contributed by atoms with Crippen LogP contribution in [0.1, 0.15) is 13.3 Å². The monoisotopic (exact) mass is 117 g/mol. The van der Waals surface area contributed by atoms with E-state index in [1.54, 1.807) is 11.8 Å². The Bertz CT molecular complexity index is 45.3. The maximum Gasteiger partial charge on any atom is 0.209 e. The number of carbonyl (C=O) groups excluding carboxylic acids is 1. The predicted molar refractivity (Wildman–Crippen MR) is 33.3 cm³/mol. The Morgan fingerprint density at radius 1 is 1.71 bits per heavy atom. The van der Waals surface area contributed by atoms with Gasteiger partial charge in [0.05, 0.1) is 5.75 Å². The van der Waals surface area contributed by atoms with E-state index in [1.807, 2.05) is 6.29 Å². The van der Waals surface area contributed by atoms with Gasteiger partial charge in [0.15, 0.2) is 0 Å². The van der Waals surface area contributed by atoms with Gasteiger partial charge in [0, 0.05) is 0 Å². The van der Waals surface area contributed by atoms with Crippen LogP contribution in [0.4, 0.5) is 0 Å². The summed E-state index contributed by atoms with van der Waals surface area (Å²) in [4.78, 5) is 9.53. The summed E-state index contributed by atoms with van der Waals surface area (Å²) in [5, 5.41) is 0. The summed E-state index contributed by atoms with van der Waals surface area (Å²) in [7, 11) is 0. The normalized spacial score (nSPS) is 8.71. The van der Waals surface area contributed by atoms with E-state index >= 15 is 0 Å². The van der Waals surface area contributed by atoms with E-state index in [2.05, 4.69) is 6.92 Å². The first-order chi connectivity index (χ1) is 3.41. The van der Waals surface area contributed by atoms with Crippen molar-refractivity contribution in [3.05, 3.63) is 0 Å². The molecule has 0 fully saturated rings. The molecule has 0 aliphatic rings. The van der Waals surface area contributed by atoms with Gasteiger partial charge in [-0.1, -0.05) is 6.92 Å². The van der Waals surface area contributed by atoms with Crippen molar-refractivity contribution in [2.45, 2.75) is 13.3 Å². The maximum absolute atomic E-state index is 9.53. The molecule has 1 radical (unpaired) electrons. The quantitative estimate of drug-likeness (QED) is 0.515. The molecule has 7 heavy (non-hydrogen) atoms. The molecule has 0 unspecified atom stereocenters. The topological polar surface area (TPSA) is 17.1 Å². The van der Waals surface area contributed by atoms with E-state index in [0.29, 0.717) is 5.75 Å². The van der Waals surface area contributed by atoms with Crippen LogP contribution in [-0.4, -0.2) is 17.8 Å². The fourth-order valence-corrected chi connectivity index (χ4v) is 0.775. The molecule has 0 rings (SSSR count). The Morgan fingerprint density at radius 2 is 2.43 bits per heavy atom. The second-order valence-electron chi connectivity index (χ2n) is 1.20. The minimum atomic E-state index is 0.536. The highest BCUT2D eigenvalue weighted by molar-refractivity contribution is 7.99. The third kappa shape index (κ3) is 6.02. The smallest absolute Gasteiger partial charge is 0.209 e. The molecule has 0 saturated heterocycles. The Kier molecular flexibility index (Phi) is 6.04. The lowest BCUT2D eigenvalue weighted by Gasteiger charge is -1.85. The summed E-state index contributed by atoms with van der Waals surface area (Å²) >= 11 is 1.63. The van der Waals surface area contributed by atoms with E-state index < -0.39 is 0 Å². The molecule has 2 heteroatoms. The third-order valence-corrected chi connectivity index (χ3v) is 1.53. The van der Waals surface area contributed by atoms with Crippen molar-refractivity contribution >= 4 is 18.0 Å². The van der Waals surface area contributed by atoms with Crippen LogP contribution in [0.5, 0.6) is 0 Å². The predicted octanol–water partition coefficient (Wildman–Crippen LogP) is 1.24. The van der Waals surface area contributed by atoms with Crippen LogP contribution in [0.25, 0.3) is 0 Å². The molecule has 0 aromatic heterocycles. The summed E-state index contributed by atoms with van der Waals surface area (Å²) < 4.78 is 0. The Hall–Kier alpha value is 0.0200. The molecule has 0 saturated carbocycles. The van der Waals surface area contributed by atoms with Crippen molar-refractivity contribution in [2.75, 3.05) is 11.5 Å². The van der Waals surface area contributed by atoms with Crippen molar-refractivity contribution in [1.82, 2.24) is 0 Å². The first-order valence-corrected chi connectivity index (χ1v) is 3.50. The largest absolute Gasteiger partial charge is 0.290 e. The lowest BCUT2D eigenvalue weighted by Crippen LogP contribution is -1.79. The highest BCUT2D eigenvalue weighted by Crippen LogP contribution is 1.97. The van der Waals surface area contributed by atoms with Crippen LogP contribution < -0.4 is 0 Å². The van der Waals surface area contributed by atoms with Crippen molar-refractivity contribution in [1.29, 1.82) is 0 Å². The number of thioether (sulfide) groups is 1. The van der Waals surface area contributed by atoms with Gasteiger partial charge in [0.25, 0.3) is 0 Å². The van der Waals surface area contributed by atoms with Crippen LogP contribution in [0.2, 0.25) is 0 Å². The van der Waals surface area contributed by atoms with E-state index in [1.165, 1.54) is 0 Å². The molecule has 0 atom stereocenters. The first-order valence-electron chi connectivity index (χ1n) is 2.34. The maximum atomic E-state index is 9.53. The van der Waals surface area contributed by atoms with Crippen molar-refractivity contribution < 1.29 is 4.79 Å². The molecule has 0 aromatic carbocycles. The highest BCUT2D eigenvalue weighted by atomic mass is 32.2. The van der Waals surface area contributed by atoms with Gasteiger partial charge >= 0.3 is 0 Å². The van der Waals surface area contributed by atoms with E-state index in [0.717, 1.165) is 12.2 Å². The number of hydrogen-bond acceptors (Lipinski definition) is 2. The van der Waals surface area contributed by atoms with Crippen LogP contribution in [0.15, 0.2) is 0 Å². The van der Waals surface area contributed by atoms with Gasteiger partial charge in [-0.15, -0.1) is 0 Å². The minimum Gasteiger partial charge on any atom is -0.290 e. The van der Waals surface area contributed by atoms with Gasteiger partial charge in [-0.2, -0.15) is 11.8 Å². The van der Waals surface area contributed by atoms with Gasteiger partial charge in [0.1, 0.15) is 0 Å². The molecule has 0 spiro atoms. The molecule has 0 aromatic rings. The Morgan fingerprint density at radius 3 is 2.86 bits per heavy atom. The summed E-state index contributed by atoms with van der Waals surface area (Å²) in [5.41, 5.74) is 0. The van der Waals surface area contributed by atoms with Gasteiger partial charge in [-0.3, -0.25) is 4.79 Å². The molecule has 0 amide bonds. The zero-order valence-corrected chi connectivity index (χ0v) is 5.25. The zero-order chi connectivity index (χ0) is 5.54. The van der Waals surface area contributed by atoms with Crippen LogP contribution in [-0.2, 0) is 4.79 Å². The lowest BCUT2D eigenvalue weighted by molar-refractivity contribution is 0.560. The second-order valence-corrected chi connectivity index (χ2v) is 2.30. The van der Waals surface area contributed by atoms with Gasteiger partial charge < -0.3 is 0 Å². The molecule has 0 aliphatic heterocycles. The lowest BCUT2D eigenvalue weighted by atomic mass is 10.6. The summed E-state index contributed by atoms with van der Waals surface area (Å²) in [6, 6.07) is 0. The second kappa shape index (κ2) is 6.02. The molecule has 0 aliphatic carbocycles. The summed E-state index contributed by atoms with van der Waals surface area (Å²) in [6.45, 7) is 2.10. The standard InChI is InChI=1S/C5H9OS/c1-2-4-7-5-3-6/h2,4-5H2,1H3. The fourth-order valence-electron chi connectivity index (χ4n) is 0.258. The molecular weight excluding hydrogens is 108 g/mol. The van der Waals surface area contributed by atoms with E-state index in [4.69, 9.17) is 0 Å².